The van der Waals surface area contributed by atoms with Crippen molar-refractivity contribution in [2.45, 2.75) is 18.8 Å². The summed E-state index contributed by atoms with van der Waals surface area (Å²) in [7, 11) is 0. The van der Waals surface area contributed by atoms with Gasteiger partial charge in [0.25, 0.3) is 5.91 Å². The third-order valence-electron chi connectivity index (χ3n) is 4.69. The number of rotatable bonds is 2. The lowest BCUT2D eigenvalue weighted by Gasteiger charge is -2.24. The van der Waals surface area contributed by atoms with Gasteiger partial charge >= 0.3 is 12.4 Å². The minimum absolute atomic E-state index is 0.127. The summed E-state index contributed by atoms with van der Waals surface area (Å²) >= 11 is 5.99. The molecule has 0 N–H and O–H groups in total. The van der Waals surface area contributed by atoms with E-state index in [1.807, 2.05) is 0 Å². The Bertz CT molecular complexity index is 914. The summed E-state index contributed by atoms with van der Waals surface area (Å²) in [6.07, 6.45) is -7.85. The van der Waals surface area contributed by atoms with Gasteiger partial charge in [-0.3, -0.25) is 4.79 Å². The molecule has 3 rings (SSSR count). The predicted octanol–water partition coefficient (Wildman–Crippen LogP) is 5.13. The minimum Gasteiger partial charge on any atom is -0.354 e. The highest BCUT2D eigenvalue weighted by atomic mass is 35.5. The number of anilines is 1. The molecule has 0 saturated carbocycles. The van der Waals surface area contributed by atoms with E-state index in [2.05, 4.69) is 4.98 Å². The van der Waals surface area contributed by atoms with Crippen molar-refractivity contribution in [3.05, 3.63) is 58.2 Å². The van der Waals surface area contributed by atoms with Gasteiger partial charge in [-0.1, -0.05) is 11.6 Å². The number of amides is 1. The van der Waals surface area contributed by atoms with E-state index in [9.17, 15) is 31.1 Å². The van der Waals surface area contributed by atoms with E-state index in [-0.39, 0.29) is 29.5 Å². The summed E-state index contributed by atoms with van der Waals surface area (Å²) in [4.78, 5) is 19.6. The molecule has 1 aromatic carbocycles. The number of carbonyl (C=O) groups is 1. The molecule has 11 heteroatoms. The Balaban J connectivity index is 1.70. The molecule has 1 amide bonds. The number of aromatic nitrogens is 1. The van der Waals surface area contributed by atoms with Crippen LogP contribution in [0.25, 0.3) is 0 Å². The lowest BCUT2D eigenvalue weighted by molar-refractivity contribution is -0.138. The Labute approximate surface area is 173 Å². The lowest BCUT2D eigenvalue weighted by Crippen LogP contribution is -2.35. The summed E-state index contributed by atoms with van der Waals surface area (Å²) in [6.45, 7) is 1.24. The zero-order valence-corrected chi connectivity index (χ0v) is 16.2. The van der Waals surface area contributed by atoms with Gasteiger partial charge in [-0.15, -0.1) is 0 Å². The molecule has 2 aromatic rings. The number of hydrogen-bond acceptors (Lipinski definition) is 3. The van der Waals surface area contributed by atoms with Crippen molar-refractivity contribution in [3.8, 4) is 0 Å². The number of halogens is 7. The first-order valence-corrected chi connectivity index (χ1v) is 9.29. The highest BCUT2D eigenvalue weighted by molar-refractivity contribution is 6.33. The zero-order chi connectivity index (χ0) is 22.1. The van der Waals surface area contributed by atoms with Crippen LogP contribution < -0.4 is 4.90 Å². The number of carbonyl (C=O) groups excluding carboxylic acids is 1. The molecule has 1 saturated heterocycles. The molecule has 0 radical (unpaired) electrons. The van der Waals surface area contributed by atoms with Crippen LogP contribution in [0.4, 0.5) is 32.2 Å². The van der Waals surface area contributed by atoms with E-state index in [0.29, 0.717) is 25.7 Å². The molecule has 1 aliphatic heterocycles. The van der Waals surface area contributed by atoms with Crippen LogP contribution in [0.3, 0.4) is 0 Å². The SMILES string of the molecule is O=C(c1ccc(C(F)(F)F)cc1)N1CCCN(c2ncc(C(F)(F)F)cc2Cl)CC1. The van der Waals surface area contributed by atoms with Crippen molar-refractivity contribution >= 4 is 23.3 Å². The molecule has 1 aliphatic rings. The van der Waals surface area contributed by atoms with Crippen LogP contribution in [0.15, 0.2) is 36.5 Å². The number of alkyl halides is 6. The molecule has 0 bridgehead atoms. The third-order valence-corrected chi connectivity index (χ3v) is 4.97. The number of hydrogen-bond donors (Lipinski definition) is 0. The molecule has 0 unspecified atom stereocenters. The standard InChI is InChI=1S/C19H16ClF6N3O/c20-15-10-14(19(24,25)26)11-27-16(15)28-6-1-7-29(9-8-28)17(30)12-2-4-13(5-3-12)18(21,22)23/h2-5,10-11H,1,6-9H2. The van der Waals surface area contributed by atoms with Crippen LogP contribution >= 0.6 is 11.6 Å². The van der Waals surface area contributed by atoms with Crippen LogP contribution in [0.1, 0.15) is 27.9 Å². The highest BCUT2D eigenvalue weighted by Crippen LogP contribution is 2.34. The smallest absolute Gasteiger partial charge is 0.354 e. The monoisotopic (exact) mass is 451 g/mol. The fourth-order valence-corrected chi connectivity index (χ4v) is 3.42. The van der Waals surface area contributed by atoms with E-state index in [1.54, 1.807) is 4.90 Å². The first kappa shape index (κ1) is 22.2. The first-order valence-electron chi connectivity index (χ1n) is 8.91. The first-order chi connectivity index (χ1) is 14.0. The molecule has 0 atom stereocenters. The molecule has 1 fully saturated rings. The van der Waals surface area contributed by atoms with Crippen LogP contribution in [0.2, 0.25) is 5.02 Å². The Hall–Kier alpha value is -2.49. The fraction of sp³-hybridized carbons (Fsp3) is 0.368. The molecule has 0 spiro atoms. The normalized spacial score (nSPS) is 15.8. The summed E-state index contributed by atoms with van der Waals surface area (Å²) < 4.78 is 76.4. The summed E-state index contributed by atoms with van der Waals surface area (Å²) in [6, 6.07) is 4.76. The van der Waals surface area contributed by atoms with Gasteiger partial charge in [-0.2, -0.15) is 26.3 Å². The summed E-state index contributed by atoms with van der Waals surface area (Å²) in [5.74, 6) is -0.231. The van der Waals surface area contributed by atoms with Crippen molar-refractivity contribution in [1.82, 2.24) is 9.88 Å². The number of benzene rings is 1. The number of nitrogens with zero attached hydrogens (tertiary/aromatic N) is 3. The third kappa shape index (κ3) is 4.97. The van der Waals surface area contributed by atoms with E-state index in [4.69, 9.17) is 11.6 Å². The van der Waals surface area contributed by atoms with Gasteiger partial charge in [0, 0.05) is 37.9 Å². The predicted molar refractivity (Wildman–Crippen MR) is 98.4 cm³/mol. The van der Waals surface area contributed by atoms with E-state index < -0.39 is 29.4 Å². The van der Waals surface area contributed by atoms with Gasteiger partial charge < -0.3 is 9.80 Å². The second-order valence-electron chi connectivity index (χ2n) is 6.74. The Morgan fingerprint density at radius 3 is 2.10 bits per heavy atom. The minimum atomic E-state index is -4.56. The Kier molecular flexibility index (Phi) is 6.16. The van der Waals surface area contributed by atoms with Gasteiger partial charge in [-0.25, -0.2) is 4.98 Å². The molecular weight excluding hydrogens is 436 g/mol. The Morgan fingerprint density at radius 1 is 0.900 bits per heavy atom. The van der Waals surface area contributed by atoms with Crippen molar-refractivity contribution in [2.75, 3.05) is 31.1 Å². The van der Waals surface area contributed by atoms with E-state index >= 15 is 0 Å². The molecule has 0 aliphatic carbocycles. The molecule has 30 heavy (non-hydrogen) atoms. The van der Waals surface area contributed by atoms with Crippen molar-refractivity contribution in [2.24, 2.45) is 0 Å². The van der Waals surface area contributed by atoms with E-state index in [0.717, 1.165) is 30.3 Å². The van der Waals surface area contributed by atoms with Crippen molar-refractivity contribution in [1.29, 1.82) is 0 Å². The zero-order valence-electron chi connectivity index (χ0n) is 15.4. The van der Waals surface area contributed by atoms with Crippen molar-refractivity contribution in [3.63, 3.8) is 0 Å². The van der Waals surface area contributed by atoms with Crippen LogP contribution in [0, 0.1) is 0 Å². The largest absolute Gasteiger partial charge is 0.417 e. The number of pyridine rings is 1. The topological polar surface area (TPSA) is 36.4 Å². The van der Waals surface area contributed by atoms with Crippen LogP contribution in [-0.2, 0) is 12.4 Å². The summed E-state index contributed by atoms with van der Waals surface area (Å²) in [5.41, 5.74) is -1.67. The average molecular weight is 452 g/mol. The summed E-state index contributed by atoms with van der Waals surface area (Å²) in [5, 5.41) is -0.146. The van der Waals surface area contributed by atoms with Gasteiger partial charge in [0.1, 0.15) is 5.82 Å². The molecule has 2 heterocycles. The van der Waals surface area contributed by atoms with Crippen LogP contribution in [-0.4, -0.2) is 42.0 Å². The van der Waals surface area contributed by atoms with Crippen LogP contribution in [0.5, 0.6) is 0 Å². The highest BCUT2D eigenvalue weighted by Gasteiger charge is 2.33. The van der Waals surface area contributed by atoms with Gasteiger partial charge in [-0.05, 0) is 36.8 Å². The molecular formula is C19H16ClF6N3O. The molecule has 162 valence electrons. The quantitative estimate of drug-likeness (QED) is 0.594. The van der Waals surface area contributed by atoms with E-state index in [1.165, 1.54) is 4.90 Å². The second-order valence-corrected chi connectivity index (χ2v) is 7.14. The maximum Gasteiger partial charge on any atom is 0.417 e. The van der Waals surface area contributed by atoms with Crippen molar-refractivity contribution < 1.29 is 31.1 Å². The lowest BCUT2D eigenvalue weighted by atomic mass is 10.1. The Morgan fingerprint density at radius 2 is 1.53 bits per heavy atom. The van der Waals surface area contributed by atoms with Gasteiger partial charge in [0.05, 0.1) is 16.1 Å². The maximum absolute atomic E-state index is 12.8. The maximum atomic E-state index is 12.8. The average Bonchev–Trinajstić information content (AvgIpc) is 2.92. The fourth-order valence-electron chi connectivity index (χ4n) is 3.14. The molecule has 4 nitrogen and oxygen atoms in total. The van der Waals surface area contributed by atoms with Gasteiger partial charge in [0.2, 0.25) is 0 Å². The second kappa shape index (κ2) is 8.33. The molecule has 1 aromatic heterocycles. The van der Waals surface area contributed by atoms with Gasteiger partial charge in [0.15, 0.2) is 0 Å².